The molecular formula is C13H13F3N2O4S. The van der Waals surface area contributed by atoms with Gasteiger partial charge in [0.25, 0.3) is 0 Å². The second kappa shape index (κ2) is 7.18. The maximum Gasteiger partial charge on any atom is 0.492 e. The van der Waals surface area contributed by atoms with Gasteiger partial charge in [-0.25, -0.2) is 9.78 Å². The third-order valence-corrected chi connectivity index (χ3v) is 4.10. The van der Waals surface area contributed by atoms with Crippen LogP contribution in [0.3, 0.4) is 0 Å². The number of rotatable bonds is 3. The molecule has 1 aliphatic rings. The van der Waals surface area contributed by atoms with Crippen LogP contribution in [0.2, 0.25) is 0 Å². The van der Waals surface area contributed by atoms with Crippen molar-refractivity contribution < 1.29 is 32.0 Å². The van der Waals surface area contributed by atoms with Crippen LogP contribution in [0.4, 0.5) is 13.2 Å². The minimum absolute atomic E-state index is 0.0481. The predicted molar refractivity (Wildman–Crippen MR) is 74.9 cm³/mol. The Morgan fingerprint density at radius 2 is 2.26 bits per heavy atom. The summed E-state index contributed by atoms with van der Waals surface area (Å²) in [6.45, 7) is 1.46. The van der Waals surface area contributed by atoms with Gasteiger partial charge < -0.3 is 9.25 Å². The highest BCUT2D eigenvalue weighted by atomic mass is 32.2. The van der Waals surface area contributed by atoms with Crippen molar-refractivity contribution in [3.8, 4) is 0 Å². The maximum atomic E-state index is 12.3. The minimum atomic E-state index is -5.06. The number of thioether (sulfide) groups is 1. The van der Waals surface area contributed by atoms with Crippen LogP contribution in [0, 0.1) is 0 Å². The number of oxazole rings is 1. The Hall–Kier alpha value is -1.81. The van der Waals surface area contributed by atoms with E-state index in [2.05, 4.69) is 9.82 Å². The predicted octanol–water partition coefficient (Wildman–Crippen LogP) is 2.43. The monoisotopic (exact) mass is 350 g/mol. The lowest BCUT2D eigenvalue weighted by Gasteiger charge is -2.32. The van der Waals surface area contributed by atoms with Crippen LogP contribution < -0.4 is 0 Å². The quantitative estimate of drug-likeness (QED) is 0.829. The summed E-state index contributed by atoms with van der Waals surface area (Å²) in [7, 11) is 0. The first-order chi connectivity index (χ1) is 10.8. The SMILES string of the molecule is CC(=O)SC1CCN(OC(=O)C(F)(F)F)C/C1=C\c1cnco1. The van der Waals surface area contributed by atoms with Gasteiger partial charge in [-0.1, -0.05) is 11.8 Å². The van der Waals surface area contributed by atoms with Crippen molar-refractivity contribution in [2.75, 3.05) is 13.1 Å². The fraction of sp³-hybridized carbons (Fsp3) is 0.462. The van der Waals surface area contributed by atoms with E-state index in [9.17, 15) is 22.8 Å². The molecule has 1 unspecified atom stereocenters. The number of aromatic nitrogens is 1. The summed E-state index contributed by atoms with van der Waals surface area (Å²) < 4.78 is 41.9. The van der Waals surface area contributed by atoms with Gasteiger partial charge in [-0.3, -0.25) is 4.79 Å². The lowest BCUT2D eigenvalue weighted by Crippen LogP contribution is -2.41. The summed E-state index contributed by atoms with van der Waals surface area (Å²) >= 11 is 1.07. The summed E-state index contributed by atoms with van der Waals surface area (Å²) in [5.74, 6) is -1.87. The highest BCUT2D eigenvalue weighted by molar-refractivity contribution is 8.14. The number of carbonyl (C=O) groups is 2. The van der Waals surface area contributed by atoms with E-state index in [0.29, 0.717) is 17.8 Å². The molecule has 1 saturated heterocycles. The molecular weight excluding hydrogens is 337 g/mol. The molecule has 1 aliphatic heterocycles. The number of piperidine rings is 1. The number of alkyl halides is 3. The van der Waals surface area contributed by atoms with Crippen LogP contribution in [0.5, 0.6) is 0 Å². The number of nitrogens with zero attached hydrogens (tertiary/aromatic N) is 2. The average molecular weight is 350 g/mol. The highest BCUT2D eigenvalue weighted by Gasteiger charge is 2.43. The number of hydrogen-bond acceptors (Lipinski definition) is 7. The van der Waals surface area contributed by atoms with E-state index >= 15 is 0 Å². The summed E-state index contributed by atoms with van der Waals surface area (Å²) in [4.78, 5) is 30.3. The molecule has 0 aliphatic carbocycles. The molecule has 23 heavy (non-hydrogen) atoms. The minimum Gasteiger partial charge on any atom is -0.444 e. The topological polar surface area (TPSA) is 72.6 Å². The van der Waals surface area contributed by atoms with Crippen LogP contribution in [-0.2, 0) is 14.4 Å². The number of halogens is 3. The Labute approximate surface area is 133 Å². The molecule has 2 heterocycles. The molecule has 0 aromatic carbocycles. The third-order valence-electron chi connectivity index (χ3n) is 2.94. The van der Waals surface area contributed by atoms with E-state index < -0.39 is 12.1 Å². The smallest absolute Gasteiger partial charge is 0.444 e. The molecule has 1 fully saturated rings. The number of carbonyl (C=O) groups excluding carboxylic acids is 2. The van der Waals surface area contributed by atoms with E-state index in [1.165, 1.54) is 19.5 Å². The van der Waals surface area contributed by atoms with Crippen molar-refractivity contribution in [2.24, 2.45) is 0 Å². The number of hydrogen-bond donors (Lipinski definition) is 0. The van der Waals surface area contributed by atoms with E-state index in [-0.39, 0.29) is 23.5 Å². The molecule has 0 N–H and O–H groups in total. The summed E-state index contributed by atoms with van der Waals surface area (Å²) in [6.07, 6.45) is -0.469. The van der Waals surface area contributed by atoms with Crippen LogP contribution >= 0.6 is 11.8 Å². The molecule has 1 aromatic rings. The van der Waals surface area contributed by atoms with Crippen molar-refractivity contribution in [1.29, 1.82) is 0 Å². The Bertz CT molecular complexity index is 601. The molecule has 0 radical (unpaired) electrons. The van der Waals surface area contributed by atoms with E-state index in [4.69, 9.17) is 4.42 Å². The maximum absolute atomic E-state index is 12.3. The van der Waals surface area contributed by atoms with Crippen molar-refractivity contribution >= 4 is 28.9 Å². The van der Waals surface area contributed by atoms with Crippen LogP contribution in [0.15, 0.2) is 22.6 Å². The molecule has 126 valence electrons. The van der Waals surface area contributed by atoms with Gasteiger partial charge in [0.15, 0.2) is 11.5 Å². The van der Waals surface area contributed by atoms with Gasteiger partial charge in [-0.05, 0) is 18.1 Å². The van der Waals surface area contributed by atoms with E-state index in [1.807, 2.05) is 0 Å². The van der Waals surface area contributed by atoms with Gasteiger partial charge in [-0.15, -0.1) is 5.06 Å². The Kier molecular flexibility index (Phi) is 5.47. The normalized spacial score (nSPS) is 21.4. The summed E-state index contributed by atoms with van der Waals surface area (Å²) in [6, 6.07) is 0. The van der Waals surface area contributed by atoms with Crippen molar-refractivity contribution in [2.45, 2.75) is 24.8 Å². The molecule has 0 bridgehead atoms. The van der Waals surface area contributed by atoms with E-state index in [1.54, 1.807) is 6.08 Å². The summed E-state index contributed by atoms with van der Waals surface area (Å²) in [5.41, 5.74) is 0.614. The average Bonchev–Trinajstić information content (AvgIpc) is 2.93. The first-order valence-electron chi connectivity index (χ1n) is 6.56. The standard InChI is InChI=1S/C13H13F3N2O4S/c1-8(19)23-11-2-3-18(22-12(20)13(14,15)16)6-9(11)4-10-5-17-7-21-10/h4-5,7,11H,2-3,6H2,1H3/b9-4+. The Morgan fingerprint density at radius 3 is 2.83 bits per heavy atom. The van der Waals surface area contributed by atoms with Gasteiger partial charge in [0.2, 0.25) is 0 Å². The zero-order chi connectivity index (χ0) is 17.0. The summed E-state index contributed by atoms with van der Waals surface area (Å²) in [5, 5.41) is 0.590. The molecule has 2 rings (SSSR count). The van der Waals surface area contributed by atoms with Crippen LogP contribution in [0.1, 0.15) is 19.1 Å². The van der Waals surface area contributed by atoms with Gasteiger partial charge in [0, 0.05) is 18.7 Å². The molecule has 0 spiro atoms. The van der Waals surface area contributed by atoms with Crippen molar-refractivity contribution in [3.63, 3.8) is 0 Å². The molecule has 0 saturated carbocycles. The van der Waals surface area contributed by atoms with E-state index in [0.717, 1.165) is 16.8 Å². The van der Waals surface area contributed by atoms with Gasteiger partial charge in [0.05, 0.1) is 12.7 Å². The van der Waals surface area contributed by atoms with Crippen LogP contribution in [-0.4, -0.2) is 45.6 Å². The van der Waals surface area contributed by atoms with Crippen LogP contribution in [0.25, 0.3) is 6.08 Å². The second-order valence-electron chi connectivity index (χ2n) is 4.75. The van der Waals surface area contributed by atoms with Gasteiger partial charge in [0.1, 0.15) is 5.76 Å². The molecule has 6 nitrogen and oxygen atoms in total. The third kappa shape index (κ3) is 5.10. The van der Waals surface area contributed by atoms with Gasteiger partial charge in [-0.2, -0.15) is 13.2 Å². The fourth-order valence-corrected chi connectivity index (χ4v) is 2.95. The molecule has 0 amide bonds. The first-order valence-corrected chi connectivity index (χ1v) is 7.44. The van der Waals surface area contributed by atoms with Crippen molar-refractivity contribution in [1.82, 2.24) is 10.0 Å². The lowest BCUT2D eigenvalue weighted by molar-refractivity contribution is -0.238. The first kappa shape index (κ1) is 17.5. The second-order valence-corrected chi connectivity index (χ2v) is 6.13. The largest absolute Gasteiger partial charge is 0.492 e. The number of hydroxylamine groups is 2. The molecule has 1 atom stereocenters. The zero-order valence-electron chi connectivity index (χ0n) is 12.0. The van der Waals surface area contributed by atoms with Gasteiger partial charge >= 0.3 is 12.1 Å². The zero-order valence-corrected chi connectivity index (χ0v) is 12.8. The highest BCUT2D eigenvalue weighted by Crippen LogP contribution is 2.30. The fourth-order valence-electron chi connectivity index (χ4n) is 2.03. The Balaban J connectivity index is 2.12. The lowest BCUT2D eigenvalue weighted by atomic mass is 10.0. The Morgan fingerprint density at radius 1 is 1.52 bits per heavy atom. The van der Waals surface area contributed by atoms with Crippen molar-refractivity contribution in [3.05, 3.63) is 23.9 Å². The molecule has 10 heteroatoms. The molecule has 1 aromatic heterocycles.